The van der Waals surface area contributed by atoms with Gasteiger partial charge >= 0.3 is 18.0 Å². The van der Waals surface area contributed by atoms with Gasteiger partial charge in [0.25, 0.3) is 0 Å². The first kappa shape index (κ1) is 36.6. The van der Waals surface area contributed by atoms with Crippen molar-refractivity contribution in [3.8, 4) is 11.1 Å². The maximum atomic E-state index is 14.1. The van der Waals surface area contributed by atoms with Crippen LogP contribution in [-0.4, -0.2) is 42.0 Å². The highest BCUT2D eigenvalue weighted by molar-refractivity contribution is 5.84. The molecule has 2 amide bonds. The molecule has 0 bridgehead atoms. The van der Waals surface area contributed by atoms with Crippen LogP contribution in [0, 0.1) is 11.8 Å². The molecule has 264 valence electrons. The van der Waals surface area contributed by atoms with Crippen LogP contribution < -0.4 is 5.32 Å². The summed E-state index contributed by atoms with van der Waals surface area (Å²) in [7, 11) is 0. The number of carbonyl (C=O) groups excluding carboxylic acids is 3. The van der Waals surface area contributed by atoms with Crippen molar-refractivity contribution < 1.29 is 28.3 Å². The minimum atomic E-state index is -0.969. The first-order valence-corrected chi connectivity index (χ1v) is 17.5. The van der Waals surface area contributed by atoms with Crippen LogP contribution in [0.1, 0.15) is 42.5 Å². The van der Waals surface area contributed by atoms with Crippen molar-refractivity contribution in [1.82, 2.24) is 10.2 Å². The fraction of sp³-hybridized carbons (Fsp3) is 0.279. The van der Waals surface area contributed by atoms with Crippen LogP contribution in [-0.2, 0) is 45.1 Å². The molecule has 0 saturated heterocycles. The molecule has 5 rings (SSSR count). The van der Waals surface area contributed by atoms with E-state index in [0.29, 0.717) is 19.4 Å². The third-order valence-corrected chi connectivity index (χ3v) is 8.55. The number of nitrogens with one attached hydrogen (secondary N) is 1. The number of ether oxygens (including phenoxy) is 2. The lowest BCUT2D eigenvalue weighted by atomic mass is 9.98. The lowest BCUT2D eigenvalue weighted by Gasteiger charge is -2.30. The third-order valence-electron chi connectivity index (χ3n) is 8.55. The molecule has 51 heavy (non-hydrogen) atoms. The Hall–Kier alpha value is -5.63. The Morgan fingerprint density at radius 2 is 1.22 bits per heavy atom. The lowest BCUT2D eigenvalue weighted by Crippen LogP contribution is -2.52. The van der Waals surface area contributed by atoms with E-state index in [-0.39, 0.29) is 38.1 Å². The first-order chi connectivity index (χ1) is 24.8. The van der Waals surface area contributed by atoms with Gasteiger partial charge in [-0.15, -0.1) is 0 Å². The van der Waals surface area contributed by atoms with Gasteiger partial charge in [0.2, 0.25) is 0 Å². The number of furan rings is 1. The van der Waals surface area contributed by atoms with Gasteiger partial charge in [0.15, 0.2) is 0 Å². The third kappa shape index (κ3) is 11.7. The Morgan fingerprint density at radius 1 is 0.647 bits per heavy atom. The maximum absolute atomic E-state index is 14.1. The number of carbonyl (C=O) groups is 3. The van der Waals surface area contributed by atoms with Gasteiger partial charge in [-0.1, -0.05) is 129 Å². The zero-order chi connectivity index (χ0) is 35.8. The topological polar surface area (TPSA) is 98.1 Å². The Balaban J connectivity index is 1.33. The van der Waals surface area contributed by atoms with Gasteiger partial charge in [0.05, 0.1) is 18.4 Å². The van der Waals surface area contributed by atoms with Crippen molar-refractivity contribution in [1.29, 1.82) is 0 Å². The van der Waals surface area contributed by atoms with E-state index < -0.39 is 24.0 Å². The zero-order valence-electron chi connectivity index (χ0n) is 29.3. The van der Waals surface area contributed by atoms with E-state index in [0.717, 1.165) is 33.4 Å². The summed E-state index contributed by atoms with van der Waals surface area (Å²) >= 11 is 0. The van der Waals surface area contributed by atoms with Crippen molar-refractivity contribution >= 4 is 18.0 Å². The molecule has 0 aliphatic carbocycles. The Bertz CT molecular complexity index is 1780. The fourth-order valence-electron chi connectivity index (χ4n) is 5.82. The molecule has 5 aromatic rings. The second kappa shape index (κ2) is 18.9. The summed E-state index contributed by atoms with van der Waals surface area (Å²) in [5.74, 6) is -1.39. The van der Waals surface area contributed by atoms with Gasteiger partial charge in [-0.25, -0.2) is 9.59 Å². The summed E-state index contributed by atoms with van der Waals surface area (Å²) in [5.41, 5.74) is 5.60. The number of esters is 2. The molecule has 2 atom stereocenters. The van der Waals surface area contributed by atoms with E-state index in [1.54, 1.807) is 17.4 Å². The van der Waals surface area contributed by atoms with Crippen molar-refractivity contribution in [2.45, 2.75) is 52.4 Å². The molecule has 8 heteroatoms. The minimum absolute atomic E-state index is 0.0794. The van der Waals surface area contributed by atoms with E-state index in [2.05, 4.69) is 5.32 Å². The summed E-state index contributed by atoms with van der Waals surface area (Å²) < 4.78 is 16.7. The number of urea groups is 1. The van der Waals surface area contributed by atoms with Crippen LogP contribution in [0.3, 0.4) is 0 Å². The summed E-state index contributed by atoms with van der Waals surface area (Å²) in [4.78, 5) is 43.0. The van der Waals surface area contributed by atoms with Gasteiger partial charge in [-0.05, 0) is 52.6 Å². The quantitative estimate of drug-likeness (QED) is 0.0990. The van der Waals surface area contributed by atoms with Crippen LogP contribution in [0.25, 0.3) is 11.1 Å². The zero-order valence-corrected chi connectivity index (χ0v) is 29.3. The van der Waals surface area contributed by atoms with Crippen LogP contribution in [0.4, 0.5) is 4.79 Å². The predicted octanol–water partition coefficient (Wildman–Crippen LogP) is 8.26. The normalized spacial score (nSPS) is 12.1. The highest BCUT2D eigenvalue weighted by atomic mass is 16.5. The number of hydrogen-bond acceptors (Lipinski definition) is 6. The average Bonchev–Trinajstić information content (AvgIpc) is 3.70. The smallest absolute Gasteiger partial charge is 0.329 e. The SMILES string of the molecule is CC(C)CN(CC(CCc1ccccc1)C(=O)OCc1ccccc1)C(=O)N[C@@H](Cc1ccc(-c2ccoc2)cc1)C(=O)OCc1ccccc1. The summed E-state index contributed by atoms with van der Waals surface area (Å²) in [6.07, 6.45) is 4.65. The van der Waals surface area contributed by atoms with E-state index >= 15 is 0 Å². The van der Waals surface area contributed by atoms with E-state index in [1.165, 1.54) is 0 Å². The molecule has 1 unspecified atom stereocenters. The number of amides is 2. The van der Waals surface area contributed by atoms with Crippen LogP contribution >= 0.6 is 0 Å². The number of benzene rings is 4. The molecule has 0 fully saturated rings. The molecular formula is C43H46N2O6. The van der Waals surface area contributed by atoms with Gasteiger partial charge in [0, 0.05) is 25.1 Å². The molecule has 1 heterocycles. The highest BCUT2D eigenvalue weighted by Gasteiger charge is 2.30. The molecule has 0 radical (unpaired) electrons. The second-order valence-electron chi connectivity index (χ2n) is 13.1. The number of hydrogen-bond donors (Lipinski definition) is 1. The maximum Gasteiger partial charge on any atom is 0.329 e. The molecule has 1 N–H and O–H groups in total. The largest absolute Gasteiger partial charge is 0.472 e. The lowest BCUT2D eigenvalue weighted by molar-refractivity contribution is -0.151. The molecular weight excluding hydrogens is 640 g/mol. The minimum Gasteiger partial charge on any atom is -0.472 e. The van der Waals surface area contributed by atoms with Crippen LogP contribution in [0.2, 0.25) is 0 Å². The van der Waals surface area contributed by atoms with Crippen molar-refractivity contribution in [2.24, 2.45) is 11.8 Å². The van der Waals surface area contributed by atoms with Crippen molar-refractivity contribution in [2.75, 3.05) is 13.1 Å². The summed E-state index contributed by atoms with van der Waals surface area (Å²) in [5, 5.41) is 2.97. The monoisotopic (exact) mass is 686 g/mol. The molecule has 0 saturated carbocycles. The predicted molar refractivity (Wildman–Crippen MR) is 197 cm³/mol. The van der Waals surface area contributed by atoms with Crippen molar-refractivity contribution in [3.63, 3.8) is 0 Å². The Labute approximate surface area is 300 Å². The highest BCUT2D eigenvalue weighted by Crippen LogP contribution is 2.21. The van der Waals surface area contributed by atoms with Crippen molar-refractivity contribution in [3.05, 3.63) is 156 Å². The molecule has 0 aliphatic heterocycles. The molecule has 0 spiro atoms. The first-order valence-electron chi connectivity index (χ1n) is 17.5. The Morgan fingerprint density at radius 3 is 1.76 bits per heavy atom. The van der Waals surface area contributed by atoms with E-state index in [9.17, 15) is 14.4 Å². The van der Waals surface area contributed by atoms with Gasteiger partial charge in [-0.2, -0.15) is 0 Å². The second-order valence-corrected chi connectivity index (χ2v) is 13.1. The van der Waals surface area contributed by atoms with Gasteiger partial charge in [0.1, 0.15) is 19.3 Å². The molecule has 0 aliphatic rings. The Kier molecular flexibility index (Phi) is 13.6. The van der Waals surface area contributed by atoms with Gasteiger partial charge in [-0.3, -0.25) is 4.79 Å². The van der Waals surface area contributed by atoms with Crippen LogP contribution in [0.15, 0.2) is 138 Å². The molecule has 1 aromatic heterocycles. The number of nitrogens with zero attached hydrogens (tertiary/aromatic N) is 1. The molecule has 4 aromatic carbocycles. The molecule has 8 nitrogen and oxygen atoms in total. The summed E-state index contributed by atoms with van der Waals surface area (Å²) in [6, 6.07) is 37.2. The van der Waals surface area contributed by atoms with Gasteiger partial charge < -0.3 is 24.1 Å². The van der Waals surface area contributed by atoms with E-state index in [1.807, 2.05) is 135 Å². The standard InChI is InChI=1S/C43H46N2O6/c1-32(2)27-45(28-38(23-18-33-12-6-3-7-13-33)41(46)50-29-35-14-8-4-9-15-35)43(48)44-40(42(47)51-30-36-16-10-5-11-17-36)26-34-19-21-37(22-20-34)39-24-25-49-31-39/h3-17,19-22,24-25,31-32,38,40H,18,23,26-30H2,1-2H3,(H,44,48)/t38?,40-/m0/s1. The number of aryl methyl sites for hydroxylation is 1. The van der Waals surface area contributed by atoms with E-state index in [4.69, 9.17) is 13.9 Å². The summed E-state index contributed by atoms with van der Waals surface area (Å²) in [6.45, 7) is 4.77. The van der Waals surface area contributed by atoms with Crippen LogP contribution in [0.5, 0.6) is 0 Å². The average molecular weight is 687 g/mol. The fourth-order valence-corrected chi connectivity index (χ4v) is 5.82. The number of rotatable bonds is 17.